The molecule has 2 aromatic rings. The van der Waals surface area contributed by atoms with E-state index in [1.165, 1.54) is 0 Å². The molecule has 0 saturated carbocycles. The molecule has 0 heterocycles. The van der Waals surface area contributed by atoms with Gasteiger partial charge in [-0.05, 0) is 44.3 Å². The van der Waals surface area contributed by atoms with Crippen LogP contribution in [0.25, 0.3) is 0 Å². The first kappa shape index (κ1) is 17.0. The molecular weight excluding hydrogens is 317 g/mol. The normalized spacial score (nSPS) is 12.4. The Morgan fingerprint density at radius 2 is 1.77 bits per heavy atom. The van der Waals surface area contributed by atoms with Crippen LogP contribution in [0.5, 0.6) is 0 Å². The molecule has 1 unspecified atom stereocenters. The van der Waals surface area contributed by atoms with Crippen molar-refractivity contribution in [1.82, 2.24) is 4.90 Å². The average Bonchev–Trinajstić information content (AvgIpc) is 2.46. The lowest BCUT2D eigenvalue weighted by Crippen LogP contribution is -2.29. The highest BCUT2D eigenvalue weighted by Crippen LogP contribution is 2.25. The van der Waals surface area contributed by atoms with Gasteiger partial charge < -0.3 is 4.90 Å². The van der Waals surface area contributed by atoms with Gasteiger partial charge >= 0.3 is 0 Å². The summed E-state index contributed by atoms with van der Waals surface area (Å²) < 4.78 is 0. The molecule has 0 aliphatic carbocycles. The summed E-state index contributed by atoms with van der Waals surface area (Å²) in [6.07, 6.45) is 0.691. The summed E-state index contributed by atoms with van der Waals surface area (Å²) in [6, 6.07) is 15.1. The average molecular weight is 336 g/mol. The number of benzene rings is 2. The zero-order valence-corrected chi connectivity index (χ0v) is 14.2. The molecule has 0 saturated heterocycles. The highest BCUT2D eigenvalue weighted by Gasteiger charge is 2.23. The number of nitrogens with zero attached hydrogens (tertiary/aromatic N) is 1. The topological polar surface area (TPSA) is 20.3 Å². The van der Waals surface area contributed by atoms with Crippen molar-refractivity contribution in [1.29, 1.82) is 0 Å². The van der Waals surface area contributed by atoms with Crippen LogP contribution in [-0.2, 0) is 6.42 Å². The standard InChI is InChI=1S/C18H19Cl2NO/c1-21(2)12-14(10-13-6-4-3-5-7-13)18(22)16-9-8-15(19)11-17(16)20/h3-9,11,14H,10,12H2,1-2H3. The number of carbonyl (C=O) groups is 1. The van der Waals surface area contributed by atoms with E-state index >= 15 is 0 Å². The molecule has 1 atom stereocenters. The Labute approximate surface area is 141 Å². The number of hydrogen-bond donors (Lipinski definition) is 0. The summed E-state index contributed by atoms with van der Waals surface area (Å²) in [5.41, 5.74) is 1.68. The van der Waals surface area contributed by atoms with E-state index < -0.39 is 0 Å². The number of Topliss-reactive ketones (excluding diaryl/α,β-unsaturated/α-hetero) is 1. The van der Waals surface area contributed by atoms with Crippen LogP contribution in [0.1, 0.15) is 15.9 Å². The molecule has 0 N–H and O–H groups in total. The molecule has 2 nitrogen and oxygen atoms in total. The molecule has 2 aromatic carbocycles. The molecule has 0 radical (unpaired) electrons. The zero-order valence-electron chi connectivity index (χ0n) is 12.7. The first-order valence-corrected chi connectivity index (χ1v) is 7.91. The van der Waals surface area contributed by atoms with Gasteiger partial charge in [-0.15, -0.1) is 0 Å². The minimum atomic E-state index is -0.143. The molecular formula is C18H19Cl2NO. The van der Waals surface area contributed by atoms with Crippen molar-refractivity contribution in [3.63, 3.8) is 0 Å². The molecule has 4 heteroatoms. The van der Waals surface area contributed by atoms with Gasteiger partial charge in [0.25, 0.3) is 0 Å². The lowest BCUT2D eigenvalue weighted by atomic mass is 9.91. The number of halogens is 2. The Morgan fingerprint density at radius 1 is 1.09 bits per heavy atom. The Kier molecular flexibility index (Phi) is 6.01. The number of hydrogen-bond acceptors (Lipinski definition) is 2. The second-order valence-corrected chi connectivity index (χ2v) is 6.48. The highest BCUT2D eigenvalue weighted by molar-refractivity contribution is 6.36. The Bertz CT molecular complexity index is 641. The summed E-state index contributed by atoms with van der Waals surface area (Å²) in [4.78, 5) is 14.9. The molecule has 2 rings (SSSR count). The fourth-order valence-corrected chi connectivity index (χ4v) is 2.99. The van der Waals surface area contributed by atoms with Crippen LogP contribution < -0.4 is 0 Å². The van der Waals surface area contributed by atoms with Gasteiger partial charge in [-0.3, -0.25) is 4.79 Å². The zero-order chi connectivity index (χ0) is 16.1. The van der Waals surface area contributed by atoms with Crippen LogP contribution in [-0.4, -0.2) is 31.3 Å². The van der Waals surface area contributed by atoms with Crippen LogP contribution >= 0.6 is 23.2 Å². The van der Waals surface area contributed by atoms with Gasteiger partial charge in [-0.2, -0.15) is 0 Å². The van der Waals surface area contributed by atoms with Crippen LogP contribution in [0.2, 0.25) is 10.0 Å². The Morgan fingerprint density at radius 3 is 2.36 bits per heavy atom. The van der Waals surface area contributed by atoms with Gasteiger partial charge in [-0.1, -0.05) is 53.5 Å². The smallest absolute Gasteiger partial charge is 0.169 e. The molecule has 0 aromatic heterocycles. The van der Waals surface area contributed by atoms with Crippen molar-refractivity contribution in [3.05, 3.63) is 69.7 Å². The minimum Gasteiger partial charge on any atom is -0.309 e. The van der Waals surface area contributed by atoms with Crippen LogP contribution in [0.4, 0.5) is 0 Å². The largest absolute Gasteiger partial charge is 0.309 e. The lowest BCUT2D eigenvalue weighted by molar-refractivity contribution is 0.0897. The third-order valence-electron chi connectivity index (χ3n) is 3.48. The predicted molar refractivity (Wildman–Crippen MR) is 93.0 cm³/mol. The quantitative estimate of drug-likeness (QED) is 0.719. The summed E-state index contributed by atoms with van der Waals surface area (Å²) in [5, 5.41) is 0.947. The highest BCUT2D eigenvalue weighted by atomic mass is 35.5. The van der Waals surface area contributed by atoms with E-state index in [4.69, 9.17) is 23.2 Å². The fourth-order valence-electron chi connectivity index (χ4n) is 2.49. The summed E-state index contributed by atoms with van der Waals surface area (Å²) in [7, 11) is 3.93. The first-order chi connectivity index (χ1) is 10.5. The first-order valence-electron chi connectivity index (χ1n) is 7.15. The van der Waals surface area contributed by atoms with Crippen molar-refractivity contribution in [2.45, 2.75) is 6.42 Å². The molecule has 22 heavy (non-hydrogen) atoms. The summed E-state index contributed by atoms with van der Waals surface area (Å²) >= 11 is 12.1. The Balaban J connectivity index is 2.26. The van der Waals surface area contributed by atoms with Crippen LogP contribution in [0, 0.1) is 5.92 Å². The number of carbonyl (C=O) groups excluding carboxylic acids is 1. The monoisotopic (exact) mass is 335 g/mol. The third kappa shape index (κ3) is 4.57. The fraction of sp³-hybridized carbons (Fsp3) is 0.278. The minimum absolute atomic E-state index is 0.0548. The predicted octanol–water partition coefficient (Wildman–Crippen LogP) is 4.60. The van der Waals surface area contributed by atoms with Gasteiger partial charge in [0.1, 0.15) is 0 Å². The van der Waals surface area contributed by atoms with Crippen LogP contribution in [0.3, 0.4) is 0 Å². The SMILES string of the molecule is CN(C)CC(Cc1ccccc1)C(=O)c1ccc(Cl)cc1Cl. The number of rotatable bonds is 6. The van der Waals surface area contributed by atoms with E-state index in [9.17, 15) is 4.79 Å². The molecule has 0 bridgehead atoms. The van der Waals surface area contributed by atoms with Crippen molar-refractivity contribution >= 4 is 29.0 Å². The number of ketones is 1. The molecule has 0 aliphatic rings. The lowest BCUT2D eigenvalue weighted by Gasteiger charge is -2.21. The van der Waals surface area contributed by atoms with E-state index in [1.807, 2.05) is 49.3 Å². The van der Waals surface area contributed by atoms with Crippen LogP contribution in [0.15, 0.2) is 48.5 Å². The molecule has 116 valence electrons. The van der Waals surface area contributed by atoms with Crippen molar-refractivity contribution in [3.8, 4) is 0 Å². The Hall–Kier alpha value is -1.35. The van der Waals surface area contributed by atoms with E-state index in [0.717, 1.165) is 5.56 Å². The third-order valence-corrected chi connectivity index (χ3v) is 4.03. The molecule has 0 spiro atoms. The van der Waals surface area contributed by atoms with Gasteiger partial charge in [-0.25, -0.2) is 0 Å². The van der Waals surface area contributed by atoms with Gasteiger partial charge in [0.2, 0.25) is 0 Å². The molecule has 0 amide bonds. The maximum Gasteiger partial charge on any atom is 0.169 e. The summed E-state index contributed by atoms with van der Waals surface area (Å²) in [6.45, 7) is 0.673. The van der Waals surface area contributed by atoms with E-state index in [1.54, 1.807) is 18.2 Å². The van der Waals surface area contributed by atoms with Crippen molar-refractivity contribution in [2.24, 2.45) is 5.92 Å². The second-order valence-electron chi connectivity index (χ2n) is 5.64. The maximum atomic E-state index is 12.9. The van der Waals surface area contributed by atoms with Gasteiger partial charge in [0, 0.05) is 23.0 Å². The van der Waals surface area contributed by atoms with E-state index in [0.29, 0.717) is 28.6 Å². The van der Waals surface area contributed by atoms with E-state index in [2.05, 4.69) is 0 Å². The van der Waals surface area contributed by atoms with Crippen molar-refractivity contribution in [2.75, 3.05) is 20.6 Å². The van der Waals surface area contributed by atoms with E-state index in [-0.39, 0.29) is 11.7 Å². The molecule has 0 aliphatic heterocycles. The summed E-state index contributed by atoms with van der Waals surface area (Å²) in [5.74, 6) is -0.0877. The maximum absolute atomic E-state index is 12.9. The molecule has 0 fully saturated rings. The van der Waals surface area contributed by atoms with Gasteiger partial charge in [0.05, 0.1) is 5.02 Å². The second kappa shape index (κ2) is 7.77. The van der Waals surface area contributed by atoms with Crippen molar-refractivity contribution < 1.29 is 4.79 Å². The van der Waals surface area contributed by atoms with Gasteiger partial charge in [0.15, 0.2) is 5.78 Å².